The number of nitrogens with zero attached hydrogens (tertiary/aromatic N) is 1. The molecule has 0 unspecified atom stereocenters. The highest BCUT2D eigenvalue weighted by Gasteiger charge is 2.17. The van der Waals surface area contributed by atoms with Crippen molar-refractivity contribution in [2.45, 2.75) is 13.0 Å². The molecule has 1 aromatic carbocycles. The lowest BCUT2D eigenvalue weighted by Gasteiger charge is -2.21. The molecule has 126 valence electrons. The molecule has 7 heteroatoms. The van der Waals surface area contributed by atoms with E-state index in [1.807, 2.05) is 0 Å². The third kappa shape index (κ3) is 3.62. The number of halogens is 1. The van der Waals surface area contributed by atoms with Crippen molar-refractivity contribution >= 4 is 5.91 Å². The van der Waals surface area contributed by atoms with Crippen molar-refractivity contribution in [3.8, 4) is 11.6 Å². The first-order valence-electron chi connectivity index (χ1n) is 7.47. The number of nitrogens with one attached hydrogen (secondary N) is 1. The van der Waals surface area contributed by atoms with Gasteiger partial charge in [0.15, 0.2) is 6.79 Å². The minimum Gasteiger partial charge on any atom is -0.481 e. The van der Waals surface area contributed by atoms with Crippen LogP contribution >= 0.6 is 0 Å². The number of pyridine rings is 1. The summed E-state index contributed by atoms with van der Waals surface area (Å²) < 4.78 is 29.2. The van der Waals surface area contributed by atoms with Crippen molar-refractivity contribution < 1.29 is 23.4 Å². The second-order valence-corrected chi connectivity index (χ2v) is 5.26. The summed E-state index contributed by atoms with van der Waals surface area (Å²) in [6, 6.07) is 6.07. The molecule has 0 saturated heterocycles. The molecule has 6 nitrogen and oxygen atoms in total. The van der Waals surface area contributed by atoms with Gasteiger partial charge < -0.3 is 19.5 Å². The van der Waals surface area contributed by atoms with Crippen molar-refractivity contribution in [2.75, 3.05) is 20.4 Å². The number of hydrogen-bond acceptors (Lipinski definition) is 5. The predicted octanol–water partition coefficient (Wildman–Crippen LogP) is 2.07. The van der Waals surface area contributed by atoms with Crippen molar-refractivity contribution in [3.05, 3.63) is 53.0 Å². The second kappa shape index (κ2) is 7.27. The smallest absolute Gasteiger partial charge is 0.252 e. The van der Waals surface area contributed by atoms with E-state index < -0.39 is 0 Å². The Morgan fingerprint density at radius 1 is 1.42 bits per heavy atom. The van der Waals surface area contributed by atoms with Crippen LogP contribution in [0.15, 0.2) is 30.5 Å². The van der Waals surface area contributed by atoms with Crippen LogP contribution in [0.4, 0.5) is 4.39 Å². The molecule has 1 aliphatic heterocycles. The number of rotatable bonds is 5. The highest BCUT2D eigenvalue weighted by atomic mass is 19.1. The van der Waals surface area contributed by atoms with Gasteiger partial charge in [0.2, 0.25) is 5.88 Å². The molecule has 1 N–H and O–H groups in total. The van der Waals surface area contributed by atoms with Crippen LogP contribution < -0.4 is 14.8 Å². The Morgan fingerprint density at radius 3 is 3.04 bits per heavy atom. The summed E-state index contributed by atoms with van der Waals surface area (Å²) in [6.07, 6.45) is 1.90. The Labute approximate surface area is 138 Å². The first-order valence-corrected chi connectivity index (χ1v) is 7.47. The Balaban J connectivity index is 1.62. The van der Waals surface area contributed by atoms with E-state index in [0.717, 1.165) is 0 Å². The minimum absolute atomic E-state index is 0.148. The number of hydrogen-bond donors (Lipinski definition) is 1. The summed E-state index contributed by atoms with van der Waals surface area (Å²) in [5.74, 6) is 0.489. The van der Waals surface area contributed by atoms with Crippen molar-refractivity contribution in [1.29, 1.82) is 0 Å². The van der Waals surface area contributed by atoms with Crippen LogP contribution in [-0.4, -0.2) is 31.3 Å². The minimum atomic E-state index is -0.344. The first-order chi connectivity index (χ1) is 11.7. The molecule has 2 aromatic rings. The summed E-state index contributed by atoms with van der Waals surface area (Å²) in [5, 5.41) is 2.78. The van der Waals surface area contributed by atoms with Gasteiger partial charge in [0.05, 0.1) is 19.3 Å². The normalized spacial score (nSPS) is 12.9. The fraction of sp³-hybridized carbons (Fsp3) is 0.294. The van der Waals surface area contributed by atoms with E-state index in [4.69, 9.17) is 14.2 Å². The van der Waals surface area contributed by atoms with Crippen LogP contribution in [0.3, 0.4) is 0 Å². The van der Waals surface area contributed by atoms with E-state index in [1.165, 1.54) is 25.4 Å². The zero-order valence-corrected chi connectivity index (χ0v) is 13.2. The van der Waals surface area contributed by atoms with Gasteiger partial charge in [0, 0.05) is 24.4 Å². The molecule has 3 rings (SSSR count). The SMILES string of the molecule is COc1ccc(C(=O)NCCc2cc(F)cc3c2OCOC3)cn1. The molecule has 1 aromatic heterocycles. The summed E-state index contributed by atoms with van der Waals surface area (Å²) in [4.78, 5) is 16.1. The second-order valence-electron chi connectivity index (χ2n) is 5.26. The lowest BCUT2D eigenvalue weighted by atomic mass is 10.1. The molecule has 0 spiro atoms. The summed E-state index contributed by atoms with van der Waals surface area (Å²) in [5.41, 5.74) is 1.82. The van der Waals surface area contributed by atoms with E-state index >= 15 is 0 Å². The van der Waals surface area contributed by atoms with Gasteiger partial charge in [0.1, 0.15) is 11.6 Å². The third-order valence-electron chi connectivity index (χ3n) is 3.64. The van der Waals surface area contributed by atoms with Gasteiger partial charge in [-0.1, -0.05) is 0 Å². The summed E-state index contributed by atoms with van der Waals surface area (Å²) in [6.45, 7) is 0.824. The number of fused-ring (bicyclic) bond motifs is 1. The van der Waals surface area contributed by atoms with E-state index in [0.29, 0.717) is 47.9 Å². The number of aromatic nitrogens is 1. The van der Waals surface area contributed by atoms with E-state index in [2.05, 4.69) is 10.3 Å². The Kier molecular flexibility index (Phi) is 4.90. The largest absolute Gasteiger partial charge is 0.481 e. The maximum atomic E-state index is 13.7. The molecule has 0 atom stereocenters. The van der Waals surface area contributed by atoms with Gasteiger partial charge in [0.25, 0.3) is 5.91 Å². The molecule has 0 saturated carbocycles. The maximum absolute atomic E-state index is 13.7. The van der Waals surface area contributed by atoms with Crippen LogP contribution in [-0.2, 0) is 17.8 Å². The molecule has 0 bridgehead atoms. The molecule has 0 radical (unpaired) electrons. The standard InChI is InChI=1S/C17H17FN2O4/c1-22-15-3-2-12(8-20-15)17(21)19-5-4-11-6-14(18)7-13-9-23-10-24-16(11)13/h2-3,6-8H,4-5,9-10H2,1H3,(H,19,21). The molecule has 2 heterocycles. The highest BCUT2D eigenvalue weighted by molar-refractivity contribution is 5.93. The van der Waals surface area contributed by atoms with Crippen molar-refractivity contribution in [1.82, 2.24) is 10.3 Å². The third-order valence-corrected chi connectivity index (χ3v) is 3.64. The number of benzene rings is 1. The fourth-order valence-electron chi connectivity index (χ4n) is 2.49. The average Bonchev–Trinajstić information content (AvgIpc) is 2.61. The van der Waals surface area contributed by atoms with Gasteiger partial charge in [-0.05, 0) is 30.2 Å². The van der Waals surface area contributed by atoms with E-state index in [-0.39, 0.29) is 18.5 Å². The summed E-state index contributed by atoms with van der Waals surface area (Å²) >= 11 is 0. The zero-order chi connectivity index (χ0) is 16.9. The quantitative estimate of drug-likeness (QED) is 0.908. The Hall–Kier alpha value is -2.67. The predicted molar refractivity (Wildman–Crippen MR) is 83.5 cm³/mol. The van der Waals surface area contributed by atoms with Gasteiger partial charge >= 0.3 is 0 Å². The number of carbonyl (C=O) groups is 1. The lowest BCUT2D eigenvalue weighted by molar-refractivity contribution is -0.0172. The van der Waals surface area contributed by atoms with Crippen LogP contribution in [0.1, 0.15) is 21.5 Å². The molecular weight excluding hydrogens is 315 g/mol. The number of ether oxygens (including phenoxy) is 3. The topological polar surface area (TPSA) is 69.7 Å². The van der Waals surface area contributed by atoms with Crippen molar-refractivity contribution in [3.63, 3.8) is 0 Å². The maximum Gasteiger partial charge on any atom is 0.252 e. The summed E-state index contributed by atoms with van der Waals surface area (Å²) in [7, 11) is 1.51. The molecule has 24 heavy (non-hydrogen) atoms. The van der Waals surface area contributed by atoms with Crippen LogP contribution in [0.5, 0.6) is 11.6 Å². The van der Waals surface area contributed by atoms with Gasteiger partial charge in [-0.15, -0.1) is 0 Å². The first kappa shape index (κ1) is 16.2. The van der Waals surface area contributed by atoms with E-state index in [1.54, 1.807) is 12.1 Å². The van der Waals surface area contributed by atoms with Crippen LogP contribution in [0.25, 0.3) is 0 Å². The molecular formula is C17H17FN2O4. The number of amides is 1. The van der Waals surface area contributed by atoms with Gasteiger partial charge in [-0.2, -0.15) is 0 Å². The van der Waals surface area contributed by atoms with Crippen molar-refractivity contribution in [2.24, 2.45) is 0 Å². The number of methoxy groups -OCH3 is 1. The number of carbonyl (C=O) groups excluding carboxylic acids is 1. The Morgan fingerprint density at radius 2 is 2.29 bits per heavy atom. The van der Waals surface area contributed by atoms with Gasteiger partial charge in [-0.25, -0.2) is 9.37 Å². The van der Waals surface area contributed by atoms with Gasteiger partial charge in [-0.3, -0.25) is 4.79 Å². The Bertz CT molecular complexity index is 734. The van der Waals surface area contributed by atoms with Crippen LogP contribution in [0.2, 0.25) is 0 Å². The van der Waals surface area contributed by atoms with E-state index in [9.17, 15) is 9.18 Å². The molecule has 0 aliphatic carbocycles. The molecule has 0 fully saturated rings. The molecule has 1 amide bonds. The molecule has 1 aliphatic rings. The lowest BCUT2D eigenvalue weighted by Crippen LogP contribution is -2.26. The van der Waals surface area contributed by atoms with Crippen LogP contribution in [0, 0.1) is 5.82 Å². The average molecular weight is 332 g/mol. The fourth-order valence-corrected chi connectivity index (χ4v) is 2.49. The highest BCUT2D eigenvalue weighted by Crippen LogP contribution is 2.29. The monoisotopic (exact) mass is 332 g/mol. The zero-order valence-electron chi connectivity index (χ0n) is 13.2.